The largest absolute Gasteiger partial charge is 0.493 e. The second-order valence-corrected chi connectivity index (χ2v) is 5.80. The van der Waals surface area contributed by atoms with E-state index in [1.54, 1.807) is 7.11 Å². The van der Waals surface area contributed by atoms with Crippen molar-refractivity contribution in [3.05, 3.63) is 23.8 Å². The van der Waals surface area contributed by atoms with E-state index >= 15 is 0 Å². The zero-order valence-electron chi connectivity index (χ0n) is 12.7. The molecule has 0 aliphatic rings. The molecule has 19 heavy (non-hydrogen) atoms. The molecule has 0 spiro atoms. The van der Waals surface area contributed by atoms with Crippen molar-refractivity contribution in [2.75, 3.05) is 13.7 Å². The maximum atomic E-state index is 10.1. The molecular formula is C16H26O3. The summed E-state index contributed by atoms with van der Waals surface area (Å²) >= 11 is 0. The fourth-order valence-electron chi connectivity index (χ4n) is 1.95. The van der Waals surface area contributed by atoms with Crippen molar-refractivity contribution in [2.24, 2.45) is 5.41 Å². The molecule has 3 heteroatoms. The van der Waals surface area contributed by atoms with Gasteiger partial charge >= 0.3 is 0 Å². The molecule has 3 nitrogen and oxygen atoms in total. The summed E-state index contributed by atoms with van der Waals surface area (Å²) in [6, 6.07) is 5.89. The lowest BCUT2D eigenvalue weighted by Gasteiger charge is -2.26. The van der Waals surface area contributed by atoms with Crippen LogP contribution < -0.4 is 9.47 Å². The van der Waals surface area contributed by atoms with Crippen LogP contribution in [0.5, 0.6) is 11.5 Å². The second kappa shape index (κ2) is 6.80. The molecule has 0 aliphatic heterocycles. The number of hydrogen-bond donors (Lipinski definition) is 1. The normalized spacial score (nSPS) is 13.2. The highest BCUT2D eigenvalue weighted by molar-refractivity contribution is 5.46. The van der Waals surface area contributed by atoms with Gasteiger partial charge in [-0.05, 0) is 36.8 Å². The van der Waals surface area contributed by atoms with Gasteiger partial charge in [0.15, 0.2) is 11.5 Å². The molecule has 0 bridgehead atoms. The predicted octanol–water partition coefficient (Wildman–Crippen LogP) is 3.43. The van der Waals surface area contributed by atoms with E-state index in [4.69, 9.17) is 9.47 Å². The molecule has 0 radical (unpaired) electrons. The third-order valence-corrected chi connectivity index (χ3v) is 3.26. The van der Waals surface area contributed by atoms with E-state index in [0.717, 1.165) is 29.9 Å². The van der Waals surface area contributed by atoms with Gasteiger partial charge in [0.1, 0.15) is 0 Å². The molecular weight excluding hydrogens is 240 g/mol. The standard InChI is InChI=1S/C16H26O3/c1-6-19-15-12(8-7-9-13(15)18-5)10-11-14(17)16(2,3)4/h7-9,14,17H,6,10-11H2,1-5H3. The van der Waals surface area contributed by atoms with E-state index in [1.807, 2.05) is 45.9 Å². The van der Waals surface area contributed by atoms with E-state index in [2.05, 4.69) is 0 Å². The first kappa shape index (κ1) is 15.8. The minimum atomic E-state index is -0.326. The molecule has 0 fully saturated rings. The van der Waals surface area contributed by atoms with E-state index in [-0.39, 0.29) is 11.5 Å². The Morgan fingerprint density at radius 2 is 1.95 bits per heavy atom. The summed E-state index contributed by atoms with van der Waals surface area (Å²) < 4.78 is 11.0. The minimum absolute atomic E-state index is 0.0926. The number of methoxy groups -OCH3 is 1. The summed E-state index contributed by atoms with van der Waals surface area (Å²) in [6.45, 7) is 8.71. The molecule has 1 rings (SSSR count). The molecule has 1 aromatic carbocycles. The zero-order valence-corrected chi connectivity index (χ0v) is 12.7. The van der Waals surface area contributed by atoms with Crippen LogP contribution in [0.15, 0.2) is 18.2 Å². The number of benzene rings is 1. The summed E-state index contributed by atoms with van der Waals surface area (Å²) in [5.74, 6) is 1.55. The molecule has 1 aromatic rings. The summed E-state index contributed by atoms with van der Waals surface area (Å²) in [5.41, 5.74) is 0.995. The number of para-hydroxylation sites is 1. The predicted molar refractivity (Wildman–Crippen MR) is 77.9 cm³/mol. The van der Waals surface area contributed by atoms with Crippen LogP contribution >= 0.6 is 0 Å². The van der Waals surface area contributed by atoms with E-state index < -0.39 is 0 Å². The first-order valence-electron chi connectivity index (χ1n) is 6.86. The quantitative estimate of drug-likeness (QED) is 0.857. The van der Waals surface area contributed by atoms with E-state index in [9.17, 15) is 5.11 Å². The lowest BCUT2D eigenvalue weighted by atomic mass is 9.85. The average molecular weight is 266 g/mol. The molecule has 0 saturated carbocycles. The fourth-order valence-corrected chi connectivity index (χ4v) is 1.95. The van der Waals surface area contributed by atoms with Crippen molar-refractivity contribution < 1.29 is 14.6 Å². The molecule has 0 aromatic heterocycles. The first-order valence-corrected chi connectivity index (χ1v) is 6.86. The van der Waals surface area contributed by atoms with Gasteiger partial charge in [0.25, 0.3) is 0 Å². The van der Waals surface area contributed by atoms with Crippen LogP contribution in [0.1, 0.15) is 39.7 Å². The Labute approximate surface area is 116 Å². The van der Waals surface area contributed by atoms with Crippen LogP contribution in [0.2, 0.25) is 0 Å². The van der Waals surface area contributed by atoms with Gasteiger partial charge < -0.3 is 14.6 Å². The number of aliphatic hydroxyl groups excluding tert-OH is 1. The second-order valence-electron chi connectivity index (χ2n) is 5.80. The highest BCUT2D eigenvalue weighted by atomic mass is 16.5. The number of aliphatic hydroxyl groups is 1. The molecule has 108 valence electrons. The van der Waals surface area contributed by atoms with Crippen molar-refractivity contribution in [1.82, 2.24) is 0 Å². The van der Waals surface area contributed by atoms with Crippen molar-refractivity contribution in [3.8, 4) is 11.5 Å². The minimum Gasteiger partial charge on any atom is -0.493 e. The summed E-state index contributed by atoms with van der Waals surface area (Å²) in [6.07, 6.45) is 1.18. The van der Waals surface area contributed by atoms with Gasteiger partial charge in [0, 0.05) is 0 Å². The van der Waals surface area contributed by atoms with Crippen molar-refractivity contribution in [2.45, 2.75) is 46.6 Å². The summed E-state index contributed by atoms with van der Waals surface area (Å²) in [4.78, 5) is 0. The number of hydrogen-bond acceptors (Lipinski definition) is 3. The van der Waals surface area contributed by atoms with Crippen LogP contribution in [-0.4, -0.2) is 24.9 Å². The van der Waals surface area contributed by atoms with Crippen molar-refractivity contribution in [3.63, 3.8) is 0 Å². The fraction of sp³-hybridized carbons (Fsp3) is 0.625. The summed E-state index contributed by atoms with van der Waals surface area (Å²) in [7, 11) is 1.64. The van der Waals surface area contributed by atoms with Crippen LogP contribution in [0, 0.1) is 5.41 Å². The molecule has 0 aliphatic carbocycles. The van der Waals surface area contributed by atoms with E-state index in [0.29, 0.717) is 6.61 Å². The SMILES string of the molecule is CCOc1c(CCC(O)C(C)(C)C)cccc1OC. The Kier molecular flexibility index (Phi) is 5.67. The Bertz CT molecular complexity index is 393. The first-order chi connectivity index (χ1) is 8.90. The highest BCUT2D eigenvalue weighted by Crippen LogP contribution is 2.33. The lowest BCUT2D eigenvalue weighted by Crippen LogP contribution is -2.26. The molecule has 0 saturated heterocycles. The molecule has 1 unspecified atom stereocenters. The van der Waals surface area contributed by atoms with Gasteiger partial charge in [-0.1, -0.05) is 32.9 Å². The molecule has 0 heterocycles. The number of aryl methyl sites for hydroxylation is 1. The third kappa shape index (κ3) is 4.43. The van der Waals surface area contributed by atoms with Gasteiger partial charge in [-0.2, -0.15) is 0 Å². The van der Waals surface area contributed by atoms with Crippen molar-refractivity contribution >= 4 is 0 Å². The van der Waals surface area contributed by atoms with Gasteiger partial charge in [-0.3, -0.25) is 0 Å². The Hall–Kier alpha value is -1.22. The Morgan fingerprint density at radius 3 is 2.47 bits per heavy atom. The maximum absolute atomic E-state index is 10.1. The number of ether oxygens (including phenoxy) is 2. The molecule has 0 amide bonds. The lowest BCUT2D eigenvalue weighted by molar-refractivity contribution is 0.0558. The highest BCUT2D eigenvalue weighted by Gasteiger charge is 2.22. The monoisotopic (exact) mass is 266 g/mol. The van der Waals surface area contributed by atoms with Crippen molar-refractivity contribution in [1.29, 1.82) is 0 Å². The van der Waals surface area contributed by atoms with Crippen LogP contribution in [0.3, 0.4) is 0 Å². The van der Waals surface area contributed by atoms with Gasteiger partial charge in [0.2, 0.25) is 0 Å². The van der Waals surface area contributed by atoms with Gasteiger partial charge in [-0.15, -0.1) is 0 Å². The molecule has 1 atom stereocenters. The zero-order chi connectivity index (χ0) is 14.5. The van der Waals surface area contributed by atoms with Crippen LogP contribution in [0.4, 0.5) is 0 Å². The number of rotatable bonds is 6. The van der Waals surface area contributed by atoms with E-state index in [1.165, 1.54) is 0 Å². The van der Waals surface area contributed by atoms with Crippen LogP contribution in [-0.2, 0) is 6.42 Å². The Balaban J connectivity index is 2.83. The summed E-state index contributed by atoms with van der Waals surface area (Å²) in [5, 5.41) is 10.1. The third-order valence-electron chi connectivity index (χ3n) is 3.26. The topological polar surface area (TPSA) is 38.7 Å². The molecule has 1 N–H and O–H groups in total. The van der Waals surface area contributed by atoms with Gasteiger partial charge in [-0.25, -0.2) is 0 Å². The maximum Gasteiger partial charge on any atom is 0.164 e. The Morgan fingerprint density at radius 1 is 1.26 bits per heavy atom. The van der Waals surface area contributed by atoms with Gasteiger partial charge in [0.05, 0.1) is 19.8 Å². The average Bonchev–Trinajstić information content (AvgIpc) is 2.36. The van der Waals surface area contributed by atoms with Crippen LogP contribution in [0.25, 0.3) is 0 Å². The smallest absolute Gasteiger partial charge is 0.164 e.